The van der Waals surface area contributed by atoms with E-state index in [-0.39, 0.29) is 12.4 Å². The predicted octanol–water partition coefficient (Wildman–Crippen LogP) is 1.88. The SMILES string of the molecule is O=C(/C=C/c1ccccc1N1CC2(CC(NC(=O)OCc3ccccc3)CS2(=O)=O)C1)NO. The van der Waals surface area contributed by atoms with Crippen LogP contribution < -0.4 is 15.7 Å². The number of carbonyl (C=O) groups excluding carboxylic acids is 2. The van der Waals surface area contributed by atoms with Crippen molar-refractivity contribution in [3.05, 3.63) is 71.8 Å². The summed E-state index contributed by atoms with van der Waals surface area (Å²) in [5.41, 5.74) is 3.90. The molecule has 2 heterocycles. The van der Waals surface area contributed by atoms with Crippen molar-refractivity contribution in [3.63, 3.8) is 0 Å². The summed E-state index contributed by atoms with van der Waals surface area (Å²) in [5.74, 6) is -0.782. The molecule has 3 N–H and O–H groups in total. The van der Waals surface area contributed by atoms with Gasteiger partial charge in [-0.1, -0.05) is 48.5 Å². The Morgan fingerprint density at radius 2 is 1.82 bits per heavy atom. The highest BCUT2D eigenvalue weighted by molar-refractivity contribution is 7.93. The second kappa shape index (κ2) is 9.24. The van der Waals surface area contributed by atoms with Gasteiger partial charge >= 0.3 is 6.09 Å². The highest BCUT2D eigenvalue weighted by Crippen LogP contribution is 2.43. The van der Waals surface area contributed by atoms with E-state index in [1.807, 2.05) is 53.4 Å². The van der Waals surface area contributed by atoms with Crippen LogP contribution in [-0.2, 0) is 26.0 Å². The number of hydrogen-bond acceptors (Lipinski definition) is 7. The number of carbonyl (C=O) groups is 2. The summed E-state index contributed by atoms with van der Waals surface area (Å²) in [7, 11) is -3.42. The van der Waals surface area contributed by atoms with E-state index in [4.69, 9.17) is 9.94 Å². The number of nitrogens with zero attached hydrogens (tertiary/aromatic N) is 1. The minimum absolute atomic E-state index is 0.115. The zero-order valence-corrected chi connectivity index (χ0v) is 18.6. The number of alkyl carbamates (subject to hydrolysis) is 1. The van der Waals surface area contributed by atoms with Gasteiger partial charge in [-0.15, -0.1) is 0 Å². The lowest BCUT2D eigenvalue weighted by Gasteiger charge is -2.48. The van der Waals surface area contributed by atoms with Crippen LogP contribution in [0.5, 0.6) is 0 Å². The molecule has 0 radical (unpaired) electrons. The molecule has 10 heteroatoms. The molecule has 2 aliphatic rings. The first-order valence-electron chi connectivity index (χ1n) is 10.5. The molecule has 0 bridgehead atoms. The second-order valence-corrected chi connectivity index (χ2v) is 10.7. The first kappa shape index (κ1) is 22.8. The zero-order valence-electron chi connectivity index (χ0n) is 17.8. The average Bonchev–Trinajstić information content (AvgIpc) is 3.05. The average molecular weight is 472 g/mol. The van der Waals surface area contributed by atoms with Crippen molar-refractivity contribution in [1.82, 2.24) is 10.8 Å². The first-order chi connectivity index (χ1) is 15.8. The lowest BCUT2D eigenvalue weighted by molar-refractivity contribution is -0.124. The molecule has 33 heavy (non-hydrogen) atoms. The van der Waals surface area contributed by atoms with Gasteiger partial charge in [-0.3, -0.25) is 10.0 Å². The van der Waals surface area contributed by atoms with E-state index in [9.17, 15) is 18.0 Å². The number of amides is 2. The molecule has 2 fully saturated rings. The maximum Gasteiger partial charge on any atom is 0.407 e. The lowest BCUT2D eigenvalue weighted by atomic mass is 9.91. The van der Waals surface area contributed by atoms with Gasteiger partial charge in [-0.2, -0.15) is 0 Å². The van der Waals surface area contributed by atoms with Crippen molar-refractivity contribution >= 4 is 33.6 Å². The molecule has 174 valence electrons. The Balaban J connectivity index is 1.38. The summed E-state index contributed by atoms with van der Waals surface area (Å²) in [6.07, 6.45) is 2.44. The molecule has 4 rings (SSSR count). The Morgan fingerprint density at radius 1 is 1.12 bits per heavy atom. The maximum absolute atomic E-state index is 12.9. The molecule has 1 spiro atoms. The minimum atomic E-state index is -3.42. The van der Waals surface area contributed by atoms with Crippen molar-refractivity contribution in [1.29, 1.82) is 0 Å². The van der Waals surface area contributed by atoms with Crippen LogP contribution in [0.15, 0.2) is 60.7 Å². The van der Waals surface area contributed by atoms with E-state index in [0.29, 0.717) is 19.5 Å². The van der Waals surface area contributed by atoms with E-state index in [1.165, 1.54) is 11.6 Å². The minimum Gasteiger partial charge on any atom is -0.445 e. The molecule has 2 aromatic rings. The van der Waals surface area contributed by atoms with E-state index < -0.39 is 32.6 Å². The summed E-state index contributed by atoms with van der Waals surface area (Å²) in [5, 5.41) is 11.4. The topological polar surface area (TPSA) is 125 Å². The molecule has 2 amide bonds. The van der Waals surface area contributed by atoms with Crippen molar-refractivity contribution in [2.24, 2.45) is 0 Å². The third kappa shape index (κ3) is 4.86. The Kier molecular flexibility index (Phi) is 6.39. The lowest BCUT2D eigenvalue weighted by Crippen LogP contribution is -2.64. The molecule has 0 aliphatic carbocycles. The predicted molar refractivity (Wildman–Crippen MR) is 122 cm³/mol. The van der Waals surface area contributed by atoms with Crippen LogP contribution in [0, 0.1) is 0 Å². The van der Waals surface area contributed by atoms with Gasteiger partial charge in [0.25, 0.3) is 5.91 Å². The molecule has 1 unspecified atom stereocenters. The van der Waals surface area contributed by atoms with Crippen LogP contribution >= 0.6 is 0 Å². The van der Waals surface area contributed by atoms with E-state index >= 15 is 0 Å². The van der Waals surface area contributed by atoms with E-state index in [2.05, 4.69) is 5.32 Å². The summed E-state index contributed by atoms with van der Waals surface area (Å²) in [6.45, 7) is 0.705. The number of hydroxylamine groups is 1. The summed E-state index contributed by atoms with van der Waals surface area (Å²) < 4.78 is 30.2. The van der Waals surface area contributed by atoms with Gasteiger partial charge in [-0.25, -0.2) is 18.7 Å². The number of sulfone groups is 1. The quantitative estimate of drug-likeness (QED) is 0.334. The summed E-state index contributed by atoms with van der Waals surface area (Å²) >= 11 is 0. The fourth-order valence-electron chi connectivity index (χ4n) is 4.37. The molecule has 1 atom stereocenters. The van der Waals surface area contributed by atoms with Gasteiger partial charge < -0.3 is 15.0 Å². The largest absolute Gasteiger partial charge is 0.445 e. The van der Waals surface area contributed by atoms with Crippen molar-refractivity contribution in [2.75, 3.05) is 23.7 Å². The van der Waals surface area contributed by atoms with Crippen molar-refractivity contribution in [2.45, 2.75) is 23.8 Å². The van der Waals surface area contributed by atoms with E-state index in [1.54, 1.807) is 12.1 Å². The van der Waals surface area contributed by atoms with Crippen LogP contribution in [-0.4, -0.2) is 55.3 Å². The fourth-order valence-corrected chi connectivity index (χ4v) is 6.61. The van der Waals surface area contributed by atoms with Crippen molar-refractivity contribution < 1.29 is 28.0 Å². The van der Waals surface area contributed by atoms with Crippen LogP contribution in [0.1, 0.15) is 17.5 Å². The number of hydrogen-bond donors (Lipinski definition) is 3. The Labute approximate surface area is 191 Å². The number of rotatable bonds is 6. The molecule has 9 nitrogen and oxygen atoms in total. The Hall–Kier alpha value is -3.37. The number of ether oxygens (including phenoxy) is 1. The third-order valence-corrected chi connectivity index (χ3v) is 8.58. The second-order valence-electron chi connectivity index (χ2n) is 8.30. The van der Waals surface area contributed by atoms with Gasteiger partial charge in [0.1, 0.15) is 11.4 Å². The fraction of sp³-hybridized carbons (Fsp3) is 0.304. The van der Waals surface area contributed by atoms with Crippen LogP contribution in [0.3, 0.4) is 0 Å². The van der Waals surface area contributed by atoms with Gasteiger partial charge in [-0.05, 0) is 29.7 Å². The number of para-hydroxylation sites is 1. The van der Waals surface area contributed by atoms with Crippen LogP contribution in [0.25, 0.3) is 6.08 Å². The highest BCUT2D eigenvalue weighted by atomic mass is 32.2. The normalized spacial score (nSPS) is 20.4. The van der Waals surface area contributed by atoms with E-state index in [0.717, 1.165) is 16.8 Å². The molecule has 2 aliphatic heterocycles. The first-order valence-corrected chi connectivity index (χ1v) is 12.1. The highest BCUT2D eigenvalue weighted by Gasteiger charge is 2.59. The van der Waals surface area contributed by atoms with Gasteiger partial charge in [0.15, 0.2) is 9.84 Å². The standard InChI is InChI=1S/C23H25N3O6S/c27-21(25-29)11-10-18-8-4-5-9-20(18)26-15-23(16-26)12-19(14-33(23,30)31)24-22(28)32-13-17-6-2-1-3-7-17/h1-11,19,29H,12-16H2,(H,24,28)(H,25,27)/b11-10+. The summed E-state index contributed by atoms with van der Waals surface area (Å²) in [6, 6.07) is 16.0. The number of nitrogens with one attached hydrogen (secondary N) is 2. The van der Waals surface area contributed by atoms with Crippen LogP contribution in [0.2, 0.25) is 0 Å². The molecular weight excluding hydrogens is 446 g/mol. The Morgan fingerprint density at radius 3 is 2.55 bits per heavy atom. The molecule has 0 aromatic heterocycles. The molecule has 2 saturated heterocycles. The molecule has 2 aromatic carbocycles. The van der Waals surface area contributed by atoms with Gasteiger partial charge in [0.2, 0.25) is 0 Å². The third-order valence-electron chi connectivity index (χ3n) is 5.99. The van der Waals surface area contributed by atoms with Gasteiger partial charge in [0, 0.05) is 30.9 Å². The monoisotopic (exact) mass is 471 g/mol. The Bertz CT molecular complexity index is 1160. The zero-order chi connectivity index (χ0) is 23.5. The smallest absolute Gasteiger partial charge is 0.407 e. The number of anilines is 1. The number of benzene rings is 2. The van der Waals surface area contributed by atoms with Crippen LogP contribution in [0.4, 0.5) is 10.5 Å². The van der Waals surface area contributed by atoms with Crippen molar-refractivity contribution in [3.8, 4) is 0 Å². The molecular formula is C23H25N3O6S. The molecule has 0 saturated carbocycles. The summed E-state index contributed by atoms with van der Waals surface area (Å²) in [4.78, 5) is 25.4. The van der Waals surface area contributed by atoms with Gasteiger partial charge in [0.05, 0.1) is 5.75 Å². The maximum atomic E-state index is 12.9.